The Morgan fingerprint density at radius 2 is 2.56 bits per heavy atom. The second-order valence-corrected chi connectivity index (χ2v) is 2.44. The summed E-state index contributed by atoms with van der Waals surface area (Å²) in [5.74, 6) is 0. The molecule has 0 aromatic heterocycles. The minimum atomic E-state index is 0.653. The highest BCUT2D eigenvalue weighted by molar-refractivity contribution is 4.89. The summed E-state index contributed by atoms with van der Waals surface area (Å²) in [7, 11) is 0. The van der Waals surface area contributed by atoms with E-state index in [0.29, 0.717) is 6.04 Å². The summed E-state index contributed by atoms with van der Waals surface area (Å²) in [5.41, 5.74) is 3.16. The predicted molar refractivity (Wildman–Crippen MR) is 38.7 cm³/mol. The molecule has 1 unspecified atom stereocenters. The molecule has 0 fully saturated rings. The van der Waals surface area contributed by atoms with Crippen LogP contribution >= 0.6 is 0 Å². The molecule has 2 nitrogen and oxygen atoms in total. The molecule has 1 heterocycles. The van der Waals surface area contributed by atoms with Gasteiger partial charge in [0.25, 0.3) is 0 Å². The second kappa shape index (κ2) is 2.87. The van der Waals surface area contributed by atoms with Gasteiger partial charge in [0.05, 0.1) is 0 Å². The van der Waals surface area contributed by atoms with E-state index < -0.39 is 0 Å². The van der Waals surface area contributed by atoms with E-state index in [4.69, 9.17) is 0 Å². The maximum absolute atomic E-state index is 3.16. The van der Waals surface area contributed by atoms with Crippen molar-refractivity contribution in [2.75, 3.05) is 6.54 Å². The standard InChI is InChI=1S/C7H14N2/c1-3-7(2)9-6-4-5-8-9/h4-5,7-8H,3,6H2,1-2H3. The van der Waals surface area contributed by atoms with Gasteiger partial charge in [0.1, 0.15) is 0 Å². The van der Waals surface area contributed by atoms with Gasteiger partial charge < -0.3 is 5.43 Å². The third-order valence-electron chi connectivity index (χ3n) is 1.78. The molecule has 1 aliphatic rings. The molecule has 1 atom stereocenters. The van der Waals surface area contributed by atoms with Crippen molar-refractivity contribution in [3.05, 3.63) is 12.3 Å². The van der Waals surface area contributed by atoms with E-state index in [1.165, 1.54) is 6.42 Å². The molecule has 9 heavy (non-hydrogen) atoms. The SMILES string of the molecule is CCC(C)N1CC=CN1. The maximum atomic E-state index is 3.16. The van der Waals surface area contributed by atoms with Crippen LogP contribution < -0.4 is 5.43 Å². The zero-order valence-corrected chi connectivity index (χ0v) is 6.09. The summed E-state index contributed by atoms with van der Waals surface area (Å²) in [5, 5.41) is 2.22. The number of hydrazine groups is 1. The number of nitrogens with zero attached hydrogens (tertiary/aromatic N) is 1. The van der Waals surface area contributed by atoms with Crippen molar-refractivity contribution >= 4 is 0 Å². The van der Waals surface area contributed by atoms with Gasteiger partial charge in [-0.2, -0.15) is 0 Å². The summed E-state index contributed by atoms with van der Waals surface area (Å²) in [6.45, 7) is 5.47. The van der Waals surface area contributed by atoms with Gasteiger partial charge in [-0.1, -0.05) is 13.0 Å². The molecule has 0 spiro atoms. The molecular weight excluding hydrogens is 112 g/mol. The normalized spacial score (nSPS) is 22.0. The number of rotatable bonds is 2. The van der Waals surface area contributed by atoms with Gasteiger partial charge in [-0.25, -0.2) is 5.01 Å². The molecule has 1 rings (SSSR count). The Bertz CT molecular complexity index is 101. The van der Waals surface area contributed by atoms with Crippen LogP contribution in [-0.4, -0.2) is 17.6 Å². The van der Waals surface area contributed by atoms with E-state index in [1.54, 1.807) is 0 Å². The van der Waals surface area contributed by atoms with Gasteiger partial charge in [-0.15, -0.1) is 0 Å². The van der Waals surface area contributed by atoms with Crippen molar-refractivity contribution in [1.82, 2.24) is 10.4 Å². The Kier molecular flexibility index (Phi) is 2.11. The average Bonchev–Trinajstić information content (AvgIpc) is 2.37. The van der Waals surface area contributed by atoms with Crippen molar-refractivity contribution in [3.63, 3.8) is 0 Å². The summed E-state index contributed by atoms with van der Waals surface area (Å²) in [6, 6.07) is 0.653. The molecule has 0 bridgehead atoms. The van der Waals surface area contributed by atoms with Gasteiger partial charge in [0.15, 0.2) is 0 Å². The van der Waals surface area contributed by atoms with E-state index in [-0.39, 0.29) is 0 Å². The topological polar surface area (TPSA) is 15.3 Å². The van der Waals surface area contributed by atoms with Crippen LogP contribution in [0.5, 0.6) is 0 Å². The van der Waals surface area contributed by atoms with Crippen LogP contribution in [0.3, 0.4) is 0 Å². The van der Waals surface area contributed by atoms with Gasteiger partial charge in [0.2, 0.25) is 0 Å². The smallest absolute Gasteiger partial charge is 0.0379 e. The van der Waals surface area contributed by atoms with E-state index in [1.807, 2.05) is 6.20 Å². The Hall–Kier alpha value is -0.500. The number of nitrogens with one attached hydrogen (secondary N) is 1. The quantitative estimate of drug-likeness (QED) is 0.596. The first-order valence-electron chi connectivity index (χ1n) is 3.52. The summed E-state index contributed by atoms with van der Waals surface area (Å²) in [6.07, 6.45) is 5.33. The Morgan fingerprint density at radius 3 is 3.00 bits per heavy atom. The Balaban J connectivity index is 2.27. The van der Waals surface area contributed by atoms with Crippen molar-refractivity contribution in [2.24, 2.45) is 0 Å². The lowest BCUT2D eigenvalue weighted by molar-refractivity contribution is 0.193. The molecule has 1 aliphatic heterocycles. The molecule has 1 N–H and O–H groups in total. The van der Waals surface area contributed by atoms with Gasteiger partial charge in [-0.05, 0) is 13.3 Å². The lowest BCUT2D eigenvalue weighted by Gasteiger charge is -2.22. The van der Waals surface area contributed by atoms with Crippen molar-refractivity contribution < 1.29 is 0 Å². The molecule has 0 saturated carbocycles. The summed E-state index contributed by atoms with van der Waals surface area (Å²) < 4.78 is 0. The molecule has 0 radical (unpaired) electrons. The fourth-order valence-electron chi connectivity index (χ4n) is 0.895. The molecular formula is C7H14N2. The first kappa shape index (κ1) is 6.62. The molecule has 0 aromatic carbocycles. The van der Waals surface area contributed by atoms with Gasteiger partial charge in [0, 0.05) is 18.8 Å². The highest BCUT2D eigenvalue weighted by Gasteiger charge is 2.10. The highest BCUT2D eigenvalue weighted by Crippen LogP contribution is 2.02. The summed E-state index contributed by atoms with van der Waals surface area (Å²) in [4.78, 5) is 0. The van der Waals surface area contributed by atoms with Gasteiger partial charge in [-0.3, -0.25) is 0 Å². The average molecular weight is 126 g/mol. The maximum Gasteiger partial charge on any atom is 0.0379 e. The highest BCUT2D eigenvalue weighted by atomic mass is 15.5. The molecule has 0 amide bonds. The van der Waals surface area contributed by atoms with Crippen LogP contribution in [-0.2, 0) is 0 Å². The van der Waals surface area contributed by atoms with Crippen molar-refractivity contribution in [1.29, 1.82) is 0 Å². The minimum absolute atomic E-state index is 0.653. The van der Waals surface area contributed by atoms with E-state index in [9.17, 15) is 0 Å². The molecule has 0 saturated heterocycles. The van der Waals surface area contributed by atoms with E-state index >= 15 is 0 Å². The number of hydrogen-bond acceptors (Lipinski definition) is 2. The van der Waals surface area contributed by atoms with Crippen molar-refractivity contribution in [2.45, 2.75) is 26.3 Å². The van der Waals surface area contributed by atoms with Crippen molar-refractivity contribution in [3.8, 4) is 0 Å². The van der Waals surface area contributed by atoms with Gasteiger partial charge >= 0.3 is 0 Å². The molecule has 0 aromatic rings. The Morgan fingerprint density at radius 1 is 1.78 bits per heavy atom. The molecule has 52 valence electrons. The van der Waals surface area contributed by atoms with Crippen LogP contribution in [0.1, 0.15) is 20.3 Å². The zero-order valence-electron chi connectivity index (χ0n) is 6.09. The second-order valence-electron chi connectivity index (χ2n) is 2.44. The lowest BCUT2D eigenvalue weighted by atomic mass is 10.2. The van der Waals surface area contributed by atoms with Crippen LogP contribution in [0.4, 0.5) is 0 Å². The lowest BCUT2D eigenvalue weighted by Crippen LogP contribution is -2.37. The fraction of sp³-hybridized carbons (Fsp3) is 0.714. The van der Waals surface area contributed by atoms with Crippen LogP contribution in [0.25, 0.3) is 0 Å². The fourth-order valence-corrected chi connectivity index (χ4v) is 0.895. The van der Waals surface area contributed by atoms with Crippen LogP contribution in [0.15, 0.2) is 12.3 Å². The summed E-state index contributed by atoms with van der Waals surface area (Å²) >= 11 is 0. The largest absolute Gasteiger partial charge is 0.326 e. The zero-order chi connectivity index (χ0) is 6.69. The first-order chi connectivity index (χ1) is 4.34. The third-order valence-corrected chi connectivity index (χ3v) is 1.78. The van der Waals surface area contributed by atoms with E-state index in [2.05, 4.69) is 30.4 Å². The van der Waals surface area contributed by atoms with Crippen LogP contribution in [0.2, 0.25) is 0 Å². The van der Waals surface area contributed by atoms with E-state index in [0.717, 1.165) is 6.54 Å². The van der Waals surface area contributed by atoms with Crippen LogP contribution in [0, 0.1) is 0 Å². The predicted octanol–water partition coefficient (Wildman–Crippen LogP) is 1.12. The first-order valence-corrected chi connectivity index (χ1v) is 3.52. The molecule has 2 heteroatoms. The molecule has 0 aliphatic carbocycles. The number of hydrogen-bond donors (Lipinski definition) is 1. The Labute approximate surface area is 56.5 Å². The minimum Gasteiger partial charge on any atom is -0.326 e. The monoisotopic (exact) mass is 126 g/mol. The third kappa shape index (κ3) is 1.45.